The van der Waals surface area contributed by atoms with Crippen molar-refractivity contribution in [3.05, 3.63) is 0 Å². The molecule has 1 aliphatic rings. The summed E-state index contributed by atoms with van der Waals surface area (Å²) in [5.74, 6) is 1.74. The molecule has 72 valence electrons. The van der Waals surface area contributed by atoms with E-state index >= 15 is 0 Å². The fraction of sp³-hybridized carbons (Fsp3) is 1.00. The zero-order valence-corrected chi connectivity index (χ0v) is 9.16. The van der Waals surface area contributed by atoms with Crippen LogP contribution in [0.4, 0.5) is 0 Å². The molecule has 2 heteroatoms. The van der Waals surface area contributed by atoms with E-state index < -0.39 is 0 Å². The van der Waals surface area contributed by atoms with Crippen molar-refractivity contribution in [1.29, 1.82) is 0 Å². The highest BCUT2D eigenvalue weighted by Crippen LogP contribution is 2.38. The minimum absolute atomic E-state index is 0.471. The molecule has 0 radical (unpaired) electrons. The van der Waals surface area contributed by atoms with Crippen molar-refractivity contribution in [2.24, 2.45) is 11.3 Å². The topological polar surface area (TPSA) is 12.0 Å². The van der Waals surface area contributed by atoms with Crippen LogP contribution < -0.4 is 5.32 Å². The maximum Gasteiger partial charge on any atom is 0.0387 e. The molecule has 0 atom stereocenters. The Morgan fingerprint density at radius 3 is 2.42 bits per heavy atom. The van der Waals surface area contributed by atoms with E-state index in [4.69, 9.17) is 0 Å². The van der Waals surface area contributed by atoms with Gasteiger partial charge in [-0.05, 0) is 24.2 Å². The summed E-state index contributed by atoms with van der Waals surface area (Å²) in [6.45, 7) is 5.86. The van der Waals surface area contributed by atoms with Gasteiger partial charge in [0.25, 0.3) is 0 Å². The quantitative estimate of drug-likeness (QED) is 0.509. The number of nitrogens with one attached hydrogen (secondary N) is 1. The normalized spacial score (nSPS) is 20.2. The van der Waals surface area contributed by atoms with Gasteiger partial charge in [0.1, 0.15) is 0 Å². The van der Waals surface area contributed by atoms with Gasteiger partial charge in [0.05, 0.1) is 0 Å². The molecule has 0 saturated heterocycles. The molecule has 0 aromatic rings. The van der Waals surface area contributed by atoms with Crippen LogP contribution in [-0.4, -0.2) is 12.4 Å². The number of thiol groups is 1. The van der Waals surface area contributed by atoms with Gasteiger partial charge in [0.15, 0.2) is 0 Å². The van der Waals surface area contributed by atoms with Gasteiger partial charge >= 0.3 is 0 Å². The third-order valence-electron chi connectivity index (χ3n) is 3.15. The SMILES string of the molecule is CC(C)(CNCS)C1CCCC1. The van der Waals surface area contributed by atoms with Crippen LogP contribution in [0, 0.1) is 11.3 Å². The van der Waals surface area contributed by atoms with E-state index in [1.54, 1.807) is 0 Å². The summed E-state index contributed by atoms with van der Waals surface area (Å²) in [5.41, 5.74) is 0.471. The Kier molecular flexibility index (Phi) is 3.91. The van der Waals surface area contributed by atoms with E-state index in [0.717, 1.165) is 18.3 Å². The molecule has 0 aromatic carbocycles. The van der Waals surface area contributed by atoms with E-state index in [-0.39, 0.29) is 0 Å². The zero-order valence-electron chi connectivity index (χ0n) is 8.27. The lowest BCUT2D eigenvalue weighted by atomic mass is 9.78. The molecule has 0 amide bonds. The molecule has 1 fully saturated rings. The first-order valence-electron chi connectivity index (χ1n) is 4.98. The van der Waals surface area contributed by atoms with Crippen molar-refractivity contribution < 1.29 is 0 Å². The maximum atomic E-state index is 4.16. The fourth-order valence-electron chi connectivity index (χ4n) is 2.23. The summed E-state index contributed by atoms with van der Waals surface area (Å²) in [6.07, 6.45) is 5.74. The second kappa shape index (κ2) is 4.52. The van der Waals surface area contributed by atoms with Crippen LogP contribution in [0.5, 0.6) is 0 Å². The average Bonchev–Trinajstić information content (AvgIpc) is 2.53. The molecule has 12 heavy (non-hydrogen) atoms. The van der Waals surface area contributed by atoms with Gasteiger partial charge in [-0.1, -0.05) is 26.7 Å². The lowest BCUT2D eigenvalue weighted by Gasteiger charge is -2.31. The van der Waals surface area contributed by atoms with Crippen LogP contribution in [0.2, 0.25) is 0 Å². The Balaban J connectivity index is 2.34. The van der Waals surface area contributed by atoms with E-state index in [9.17, 15) is 0 Å². The summed E-state index contributed by atoms with van der Waals surface area (Å²) in [5, 5.41) is 3.33. The number of hydrogen-bond acceptors (Lipinski definition) is 2. The van der Waals surface area contributed by atoms with Crippen molar-refractivity contribution in [2.45, 2.75) is 39.5 Å². The van der Waals surface area contributed by atoms with Crippen LogP contribution in [0.3, 0.4) is 0 Å². The summed E-state index contributed by atoms with van der Waals surface area (Å²) < 4.78 is 0. The van der Waals surface area contributed by atoms with Crippen LogP contribution >= 0.6 is 12.6 Å². The van der Waals surface area contributed by atoms with Gasteiger partial charge in [-0.2, -0.15) is 12.6 Å². The van der Waals surface area contributed by atoms with Gasteiger partial charge in [0.2, 0.25) is 0 Å². The van der Waals surface area contributed by atoms with E-state index in [2.05, 4.69) is 31.8 Å². The van der Waals surface area contributed by atoms with Crippen molar-refractivity contribution in [3.8, 4) is 0 Å². The molecule has 1 nitrogen and oxygen atoms in total. The lowest BCUT2D eigenvalue weighted by Crippen LogP contribution is -2.34. The fourth-order valence-corrected chi connectivity index (χ4v) is 2.34. The molecule has 0 aromatic heterocycles. The van der Waals surface area contributed by atoms with Gasteiger partial charge in [-0.15, -0.1) is 0 Å². The Bertz CT molecular complexity index is 128. The molecule has 0 spiro atoms. The van der Waals surface area contributed by atoms with Gasteiger partial charge < -0.3 is 5.32 Å². The van der Waals surface area contributed by atoms with Gasteiger partial charge in [0, 0.05) is 12.4 Å². The highest BCUT2D eigenvalue weighted by molar-refractivity contribution is 7.80. The van der Waals surface area contributed by atoms with E-state index in [0.29, 0.717) is 5.41 Å². The van der Waals surface area contributed by atoms with Crippen molar-refractivity contribution in [3.63, 3.8) is 0 Å². The first-order valence-corrected chi connectivity index (χ1v) is 5.61. The molecular weight excluding hydrogens is 166 g/mol. The molecule has 1 aliphatic carbocycles. The molecule has 0 heterocycles. The predicted molar refractivity (Wildman–Crippen MR) is 57.6 cm³/mol. The summed E-state index contributed by atoms with van der Waals surface area (Å²) in [7, 11) is 0. The summed E-state index contributed by atoms with van der Waals surface area (Å²) >= 11 is 4.16. The predicted octanol–water partition coefficient (Wildman–Crippen LogP) is 2.68. The molecule has 0 aliphatic heterocycles. The smallest absolute Gasteiger partial charge is 0.0387 e. The first kappa shape index (κ1) is 10.4. The van der Waals surface area contributed by atoms with Gasteiger partial charge in [-0.25, -0.2) is 0 Å². The third kappa shape index (κ3) is 2.67. The minimum Gasteiger partial charge on any atom is -0.308 e. The molecule has 1 N–H and O–H groups in total. The second-order valence-corrected chi connectivity index (χ2v) is 4.87. The van der Waals surface area contributed by atoms with Crippen LogP contribution in [0.25, 0.3) is 0 Å². The second-order valence-electron chi connectivity index (χ2n) is 4.55. The maximum absolute atomic E-state index is 4.16. The highest BCUT2D eigenvalue weighted by atomic mass is 32.1. The summed E-state index contributed by atoms with van der Waals surface area (Å²) in [6, 6.07) is 0. The Morgan fingerprint density at radius 2 is 1.92 bits per heavy atom. The minimum atomic E-state index is 0.471. The van der Waals surface area contributed by atoms with Crippen LogP contribution in [-0.2, 0) is 0 Å². The van der Waals surface area contributed by atoms with E-state index in [1.807, 2.05) is 0 Å². The van der Waals surface area contributed by atoms with Crippen molar-refractivity contribution >= 4 is 12.6 Å². The Labute approximate surface area is 81.7 Å². The van der Waals surface area contributed by atoms with Crippen LogP contribution in [0.1, 0.15) is 39.5 Å². The third-order valence-corrected chi connectivity index (χ3v) is 3.38. The van der Waals surface area contributed by atoms with Gasteiger partial charge in [-0.3, -0.25) is 0 Å². The lowest BCUT2D eigenvalue weighted by molar-refractivity contribution is 0.212. The molecule has 0 unspecified atom stereocenters. The number of rotatable bonds is 4. The molecule has 1 saturated carbocycles. The monoisotopic (exact) mass is 187 g/mol. The zero-order chi connectivity index (χ0) is 9.03. The van der Waals surface area contributed by atoms with Crippen molar-refractivity contribution in [2.75, 3.05) is 12.4 Å². The Hall–Kier alpha value is 0.310. The molecule has 0 bridgehead atoms. The largest absolute Gasteiger partial charge is 0.308 e. The number of hydrogen-bond donors (Lipinski definition) is 2. The Morgan fingerprint density at radius 1 is 1.33 bits per heavy atom. The van der Waals surface area contributed by atoms with Crippen LogP contribution in [0.15, 0.2) is 0 Å². The van der Waals surface area contributed by atoms with E-state index in [1.165, 1.54) is 25.7 Å². The summed E-state index contributed by atoms with van der Waals surface area (Å²) in [4.78, 5) is 0. The van der Waals surface area contributed by atoms with Crippen molar-refractivity contribution in [1.82, 2.24) is 5.32 Å². The molecule has 1 rings (SSSR count). The highest BCUT2D eigenvalue weighted by Gasteiger charge is 2.30. The first-order chi connectivity index (χ1) is 5.67. The molecular formula is C10H21NS. The average molecular weight is 187 g/mol. The standard InChI is InChI=1S/C10H21NS/c1-10(2,7-11-8-12)9-5-3-4-6-9/h9,11-12H,3-8H2,1-2H3.